The second kappa shape index (κ2) is 8.92. The SMILES string of the molecule is O=C(COCc1ccccc1)N1CCCn2cccc2[C@@H]1c1ccccc1[N+](=O)[O-]. The molecule has 0 aliphatic carbocycles. The maximum absolute atomic E-state index is 13.2. The number of aromatic nitrogens is 1. The molecule has 1 amide bonds. The van der Waals surface area contributed by atoms with Gasteiger partial charge in [-0.05, 0) is 30.2 Å². The molecule has 0 fully saturated rings. The fraction of sp³-hybridized carbons (Fsp3) is 0.261. The largest absolute Gasteiger partial charge is 0.367 e. The van der Waals surface area contributed by atoms with Gasteiger partial charge in [-0.25, -0.2) is 0 Å². The molecule has 2 heterocycles. The summed E-state index contributed by atoms with van der Waals surface area (Å²) in [5.74, 6) is -0.177. The zero-order chi connectivity index (χ0) is 20.9. The Kier molecular flexibility index (Phi) is 5.90. The van der Waals surface area contributed by atoms with Gasteiger partial charge >= 0.3 is 0 Å². The number of nitro groups is 1. The first-order valence-corrected chi connectivity index (χ1v) is 9.94. The molecular formula is C23H23N3O4. The van der Waals surface area contributed by atoms with Crippen molar-refractivity contribution < 1.29 is 14.5 Å². The van der Waals surface area contributed by atoms with E-state index in [1.165, 1.54) is 6.07 Å². The van der Waals surface area contributed by atoms with E-state index in [-0.39, 0.29) is 23.1 Å². The van der Waals surface area contributed by atoms with E-state index in [9.17, 15) is 14.9 Å². The van der Waals surface area contributed by atoms with Crippen molar-refractivity contribution in [3.63, 3.8) is 0 Å². The summed E-state index contributed by atoms with van der Waals surface area (Å²) in [4.78, 5) is 26.2. The van der Waals surface area contributed by atoms with Gasteiger partial charge in [-0.15, -0.1) is 0 Å². The summed E-state index contributed by atoms with van der Waals surface area (Å²) in [6.45, 7) is 1.53. The average Bonchev–Trinajstić information content (AvgIpc) is 3.14. The summed E-state index contributed by atoms with van der Waals surface area (Å²) in [7, 11) is 0. The Morgan fingerprint density at radius 2 is 1.80 bits per heavy atom. The fourth-order valence-electron chi connectivity index (χ4n) is 3.97. The first-order valence-electron chi connectivity index (χ1n) is 9.94. The number of nitro benzene ring substituents is 1. The average molecular weight is 405 g/mol. The minimum absolute atomic E-state index is 0.0140. The van der Waals surface area contributed by atoms with Crippen LogP contribution in [-0.4, -0.2) is 33.4 Å². The molecule has 0 spiro atoms. The summed E-state index contributed by atoms with van der Waals surface area (Å²) >= 11 is 0. The van der Waals surface area contributed by atoms with Gasteiger partial charge in [0.2, 0.25) is 5.91 Å². The first-order chi connectivity index (χ1) is 14.6. The molecule has 154 valence electrons. The van der Waals surface area contributed by atoms with Crippen LogP contribution in [0, 0.1) is 10.1 Å². The molecular weight excluding hydrogens is 382 g/mol. The van der Waals surface area contributed by atoms with E-state index in [2.05, 4.69) is 4.57 Å². The van der Waals surface area contributed by atoms with Gasteiger partial charge in [-0.1, -0.05) is 42.5 Å². The van der Waals surface area contributed by atoms with E-state index in [1.54, 1.807) is 23.1 Å². The predicted molar refractivity (Wildman–Crippen MR) is 112 cm³/mol. The molecule has 1 aromatic heterocycles. The van der Waals surface area contributed by atoms with Gasteiger partial charge in [-0.3, -0.25) is 14.9 Å². The molecule has 1 atom stereocenters. The van der Waals surface area contributed by atoms with Crippen molar-refractivity contribution in [2.75, 3.05) is 13.2 Å². The Morgan fingerprint density at radius 1 is 1.03 bits per heavy atom. The number of nitrogens with zero attached hydrogens (tertiary/aromatic N) is 3. The molecule has 7 heteroatoms. The third kappa shape index (κ3) is 4.11. The monoisotopic (exact) mass is 405 g/mol. The third-order valence-corrected chi connectivity index (χ3v) is 5.34. The molecule has 7 nitrogen and oxygen atoms in total. The Labute approximate surface area is 174 Å². The van der Waals surface area contributed by atoms with Gasteiger partial charge in [0.25, 0.3) is 5.69 Å². The van der Waals surface area contributed by atoms with Crippen LogP contribution in [0.25, 0.3) is 0 Å². The number of rotatable bonds is 6. The van der Waals surface area contributed by atoms with E-state index >= 15 is 0 Å². The Balaban J connectivity index is 1.62. The van der Waals surface area contributed by atoms with Crippen LogP contribution < -0.4 is 0 Å². The van der Waals surface area contributed by atoms with Crippen LogP contribution in [0.4, 0.5) is 5.69 Å². The van der Waals surface area contributed by atoms with Gasteiger partial charge < -0.3 is 14.2 Å². The normalized spacial score (nSPS) is 16.0. The Bertz CT molecular complexity index is 1030. The van der Waals surface area contributed by atoms with Crippen molar-refractivity contribution in [2.45, 2.75) is 25.6 Å². The zero-order valence-corrected chi connectivity index (χ0v) is 16.5. The lowest BCUT2D eigenvalue weighted by Gasteiger charge is -2.30. The Hall–Kier alpha value is -3.45. The van der Waals surface area contributed by atoms with E-state index in [1.807, 2.05) is 48.7 Å². The first kappa shape index (κ1) is 19.8. The number of ether oxygens (including phenoxy) is 1. The van der Waals surface area contributed by atoms with Crippen molar-refractivity contribution in [2.24, 2.45) is 0 Å². The maximum atomic E-state index is 13.2. The van der Waals surface area contributed by atoms with Crippen molar-refractivity contribution in [3.05, 3.63) is 99.9 Å². The lowest BCUT2D eigenvalue weighted by Crippen LogP contribution is -2.38. The summed E-state index contributed by atoms with van der Waals surface area (Å²) in [5, 5.41) is 11.7. The van der Waals surface area contributed by atoms with Crippen molar-refractivity contribution in [1.82, 2.24) is 9.47 Å². The topological polar surface area (TPSA) is 77.6 Å². The van der Waals surface area contributed by atoms with Crippen molar-refractivity contribution in [1.29, 1.82) is 0 Å². The second-order valence-corrected chi connectivity index (χ2v) is 7.26. The number of para-hydroxylation sites is 1. The third-order valence-electron chi connectivity index (χ3n) is 5.34. The van der Waals surface area contributed by atoms with E-state index in [4.69, 9.17) is 4.74 Å². The highest BCUT2D eigenvalue weighted by Gasteiger charge is 2.34. The van der Waals surface area contributed by atoms with E-state index in [0.29, 0.717) is 18.7 Å². The van der Waals surface area contributed by atoms with Crippen LogP contribution in [0.2, 0.25) is 0 Å². The molecule has 0 radical (unpaired) electrons. The standard InChI is InChI=1S/C23H23N3O4/c27-22(17-30-16-18-8-2-1-3-9-18)25-15-7-14-24-13-6-12-21(24)23(25)19-10-4-5-11-20(19)26(28)29/h1-6,8-13,23H,7,14-17H2/t23-/m0/s1. The molecule has 0 bridgehead atoms. The van der Waals surface area contributed by atoms with Gasteiger partial charge in [0.1, 0.15) is 12.6 Å². The quantitative estimate of drug-likeness (QED) is 0.460. The summed E-state index contributed by atoms with van der Waals surface area (Å²) < 4.78 is 7.74. The van der Waals surface area contributed by atoms with Crippen LogP contribution in [-0.2, 0) is 22.7 Å². The Morgan fingerprint density at radius 3 is 2.60 bits per heavy atom. The van der Waals surface area contributed by atoms with Crippen LogP contribution in [0.3, 0.4) is 0 Å². The molecule has 0 saturated heterocycles. The van der Waals surface area contributed by atoms with Gasteiger partial charge in [0.05, 0.1) is 17.1 Å². The summed E-state index contributed by atoms with van der Waals surface area (Å²) in [6.07, 6.45) is 2.72. The molecule has 0 unspecified atom stereocenters. The van der Waals surface area contributed by atoms with Crippen LogP contribution in [0.15, 0.2) is 72.9 Å². The highest BCUT2D eigenvalue weighted by molar-refractivity contribution is 5.78. The number of hydrogen-bond donors (Lipinski definition) is 0. The number of carbonyl (C=O) groups is 1. The molecule has 0 N–H and O–H groups in total. The highest BCUT2D eigenvalue weighted by atomic mass is 16.6. The summed E-state index contributed by atoms with van der Waals surface area (Å²) in [5.41, 5.74) is 2.39. The minimum atomic E-state index is -0.531. The zero-order valence-electron chi connectivity index (χ0n) is 16.5. The molecule has 0 saturated carbocycles. The van der Waals surface area contributed by atoms with E-state index in [0.717, 1.165) is 24.2 Å². The minimum Gasteiger partial charge on any atom is -0.367 e. The summed E-state index contributed by atoms with van der Waals surface area (Å²) in [6, 6.07) is 19.6. The lowest BCUT2D eigenvalue weighted by atomic mass is 10.00. The van der Waals surface area contributed by atoms with Gasteiger partial charge in [0, 0.05) is 31.0 Å². The number of hydrogen-bond acceptors (Lipinski definition) is 4. The number of benzene rings is 2. The smallest absolute Gasteiger partial charge is 0.275 e. The fourth-order valence-corrected chi connectivity index (χ4v) is 3.97. The van der Waals surface area contributed by atoms with Crippen molar-refractivity contribution >= 4 is 11.6 Å². The number of amides is 1. The molecule has 30 heavy (non-hydrogen) atoms. The molecule has 1 aliphatic heterocycles. The van der Waals surface area contributed by atoms with Gasteiger partial charge in [-0.2, -0.15) is 0 Å². The highest BCUT2D eigenvalue weighted by Crippen LogP contribution is 2.36. The molecule has 3 aromatic rings. The number of carbonyl (C=O) groups excluding carboxylic acids is 1. The maximum Gasteiger partial charge on any atom is 0.275 e. The number of fused-ring (bicyclic) bond motifs is 1. The second-order valence-electron chi connectivity index (χ2n) is 7.26. The molecule has 1 aliphatic rings. The van der Waals surface area contributed by atoms with Crippen LogP contribution in [0.1, 0.15) is 29.3 Å². The lowest BCUT2D eigenvalue weighted by molar-refractivity contribution is -0.385. The van der Waals surface area contributed by atoms with Gasteiger partial charge in [0.15, 0.2) is 0 Å². The molecule has 2 aromatic carbocycles. The number of aryl methyl sites for hydroxylation is 1. The predicted octanol–water partition coefficient (Wildman–Crippen LogP) is 3.93. The van der Waals surface area contributed by atoms with E-state index < -0.39 is 6.04 Å². The van der Waals surface area contributed by atoms with Crippen molar-refractivity contribution in [3.8, 4) is 0 Å². The molecule has 4 rings (SSSR count). The van der Waals surface area contributed by atoms with Crippen LogP contribution >= 0.6 is 0 Å². The van der Waals surface area contributed by atoms with Crippen LogP contribution in [0.5, 0.6) is 0 Å².